The van der Waals surface area contributed by atoms with Crippen LogP contribution in [-0.2, 0) is 0 Å². The molecule has 60 valence electrons. The molecule has 0 aliphatic heterocycles. The zero-order valence-electron chi connectivity index (χ0n) is 6.99. The second-order valence-corrected chi connectivity index (χ2v) is 2.66. The largest absolute Gasteiger partial charge is 0.373 e. The lowest BCUT2D eigenvalue weighted by Crippen LogP contribution is -2.33. The topological polar surface area (TPSA) is 47.9 Å². The van der Waals surface area contributed by atoms with Crippen LogP contribution in [0.3, 0.4) is 0 Å². The predicted molar refractivity (Wildman–Crippen MR) is 44.5 cm³/mol. The molecule has 0 spiro atoms. The lowest BCUT2D eigenvalue weighted by molar-refractivity contribution is 0.584. The summed E-state index contributed by atoms with van der Waals surface area (Å²) in [6.45, 7) is 7.73. The molecule has 0 bridgehead atoms. The first-order valence-electron chi connectivity index (χ1n) is 3.65. The third kappa shape index (κ3) is 7.43. The number of hydrogen-bond donors (Lipinski definition) is 3. The summed E-state index contributed by atoms with van der Waals surface area (Å²) in [6, 6.07) is 0.535. The summed E-state index contributed by atoms with van der Waals surface area (Å²) in [5.41, 5.74) is 0. The molecular weight excluding hydrogens is 126 g/mol. The van der Waals surface area contributed by atoms with Gasteiger partial charge in [0.1, 0.15) is 0 Å². The second-order valence-electron chi connectivity index (χ2n) is 2.66. The minimum atomic E-state index is 0.533. The fourth-order valence-electron chi connectivity index (χ4n) is 0.611. The van der Waals surface area contributed by atoms with Crippen LogP contribution >= 0.6 is 0 Å². The van der Waals surface area contributed by atoms with Gasteiger partial charge in [0.25, 0.3) is 0 Å². The van der Waals surface area contributed by atoms with Gasteiger partial charge in [0.15, 0.2) is 0 Å². The summed E-state index contributed by atoms with van der Waals surface area (Å²) in [6.07, 6.45) is 0. The molecule has 3 heteroatoms. The highest BCUT2D eigenvalue weighted by molar-refractivity contribution is 5.75. The van der Waals surface area contributed by atoms with Gasteiger partial charge in [-0.05, 0) is 6.92 Å². The lowest BCUT2D eigenvalue weighted by Gasteiger charge is -2.08. The molecule has 0 heterocycles. The van der Waals surface area contributed by atoms with Crippen molar-refractivity contribution >= 4 is 5.84 Å². The van der Waals surface area contributed by atoms with Crippen LogP contribution in [0, 0.1) is 5.41 Å². The van der Waals surface area contributed by atoms with Crippen LogP contribution in [0.25, 0.3) is 0 Å². The molecule has 3 nitrogen and oxygen atoms in total. The third-order valence-electron chi connectivity index (χ3n) is 1.07. The summed E-state index contributed by atoms with van der Waals surface area (Å²) >= 11 is 0. The van der Waals surface area contributed by atoms with Crippen LogP contribution in [0.5, 0.6) is 0 Å². The Bertz CT molecular complexity index is 99.0. The molecule has 0 atom stereocenters. The van der Waals surface area contributed by atoms with Crippen molar-refractivity contribution in [3.8, 4) is 0 Å². The maximum Gasteiger partial charge on any atom is 0.0900 e. The molecule has 0 amide bonds. The molecule has 0 radical (unpaired) electrons. The van der Waals surface area contributed by atoms with E-state index in [0.29, 0.717) is 11.9 Å². The van der Waals surface area contributed by atoms with Gasteiger partial charge >= 0.3 is 0 Å². The first kappa shape index (κ1) is 9.43. The average molecular weight is 143 g/mol. The van der Waals surface area contributed by atoms with E-state index in [1.165, 1.54) is 0 Å². The normalized spacial score (nSPS) is 10.0. The van der Waals surface area contributed by atoms with E-state index in [1.54, 1.807) is 6.92 Å². The van der Waals surface area contributed by atoms with Crippen LogP contribution in [0.15, 0.2) is 0 Å². The Hall–Kier alpha value is -0.570. The van der Waals surface area contributed by atoms with Crippen molar-refractivity contribution in [2.75, 3.05) is 13.1 Å². The molecule has 0 unspecified atom stereocenters. The van der Waals surface area contributed by atoms with E-state index in [-0.39, 0.29) is 0 Å². The van der Waals surface area contributed by atoms with E-state index in [1.807, 2.05) is 0 Å². The highest BCUT2D eigenvalue weighted by Crippen LogP contribution is 1.72. The molecule has 0 aromatic rings. The molecule has 3 N–H and O–H groups in total. The fraction of sp³-hybridized carbons (Fsp3) is 0.857. The van der Waals surface area contributed by atoms with Gasteiger partial charge < -0.3 is 10.6 Å². The Morgan fingerprint density at radius 2 is 2.00 bits per heavy atom. The number of amidine groups is 1. The van der Waals surface area contributed by atoms with Gasteiger partial charge in [0.2, 0.25) is 0 Å². The Morgan fingerprint density at radius 1 is 1.40 bits per heavy atom. The van der Waals surface area contributed by atoms with Crippen LogP contribution in [0.4, 0.5) is 0 Å². The zero-order valence-corrected chi connectivity index (χ0v) is 6.99. The van der Waals surface area contributed by atoms with E-state index in [0.717, 1.165) is 13.1 Å². The molecular formula is C7H17N3. The molecule has 0 saturated carbocycles. The van der Waals surface area contributed by atoms with Crippen molar-refractivity contribution in [2.45, 2.75) is 26.8 Å². The van der Waals surface area contributed by atoms with Crippen molar-refractivity contribution in [3.05, 3.63) is 0 Å². The molecule has 0 aliphatic rings. The number of rotatable bonds is 4. The Balaban J connectivity index is 2.98. The van der Waals surface area contributed by atoms with Crippen LogP contribution in [0.1, 0.15) is 20.8 Å². The summed E-state index contributed by atoms with van der Waals surface area (Å²) in [4.78, 5) is 0. The van der Waals surface area contributed by atoms with Crippen molar-refractivity contribution in [1.82, 2.24) is 10.6 Å². The van der Waals surface area contributed by atoms with Gasteiger partial charge in [0.05, 0.1) is 5.84 Å². The van der Waals surface area contributed by atoms with Crippen molar-refractivity contribution in [3.63, 3.8) is 0 Å². The molecule has 0 rings (SSSR count). The third-order valence-corrected chi connectivity index (χ3v) is 1.07. The molecule has 0 aromatic heterocycles. The Kier molecular flexibility index (Phi) is 4.94. The van der Waals surface area contributed by atoms with Gasteiger partial charge in [-0.25, -0.2) is 0 Å². The summed E-state index contributed by atoms with van der Waals surface area (Å²) in [7, 11) is 0. The highest BCUT2D eigenvalue weighted by Gasteiger charge is 1.90. The van der Waals surface area contributed by atoms with Crippen molar-refractivity contribution < 1.29 is 0 Å². The first-order valence-corrected chi connectivity index (χ1v) is 3.65. The molecule has 10 heavy (non-hydrogen) atoms. The standard InChI is InChI=1S/C7H17N3/c1-6(2)9-4-5-10-7(3)8/h6,9H,4-5H2,1-3H3,(H2,8,10). The highest BCUT2D eigenvalue weighted by atomic mass is 15.0. The van der Waals surface area contributed by atoms with Crippen molar-refractivity contribution in [2.24, 2.45) is 0 Å². The predicted octanol–water partition coefficient (Wildman–Crippen LogP) is 0.571. The Labute approximate surface area is 62.7 Å². The minimum absolute atomic E-state index is 0.533. The average Bonchev–Trinajstić information content (AvgIpc) is 1.79. The van der Waals surface area contributed by atoms with Gasteiger partial charge in [-0.3, -0.25) is 5.41 Å². The Morgan fingerprint density at radius 3 is 2.40 bits per heavy atom. The second kappa shape index (κ2) is 5.23. The lowest BCUT2D eigenvalue weighted by atomic mass is 10.4. The SMILES string of the molecule is CC(=N)NCCNC(C)C. The summed E-state index contributed by atoms with van der Waals surface area (Å²) in [5.74, 6) is 0.533. The van der Waals surface area contributed by atoms with Gasteiger partial charge in [0, 0.05) is 19.1 Å². The maximum atomic E-state index is 7.04. The number of hydrogen-bond acceptors (Lipinski definition) is 2. The zero-order chi connectivity index (χ0) is 7.98. The van der Waals surface area contributed by atoms with Gasteiger partial charge in [-0.1, -0.05) is 13.8 Å². The summed E-state index contributed by atoms with van der Waals surface area (Å²) < 4.78 is 0. The first-order chi connectivity index (χ1) is 4.63. The monoisotopic (exact) mass is 143 g/mol. The smallest absolute Gasteiger partial charge is 0.0900 e. The van der Waals surface area contributed by atoms with E-state index >= 15 is 0 Å². The number of nitrogens with one attached hydrogen (secondary N) is 3. The van der Waals surface area contributed by atoms with Crippen molar-refractivity contribution in [1.29, 1.82) is 5.41 Å². The quantitative estimate of drug-likeness (QED) is 0.306. The molecule has 0 aromatic carbocycles. The van der Waals surface area contributed by atoms with E-state index in [2.05, 4.69) is 24.5 Å². The van der Waals surface area contributed by atoms with E-state index in [9.17, 15) is 0 Å². The van der Waals surface area contributed by atoms with E-state index in [4.69, 9.17) is 5.41 Å². The molecule has 0 saturated heterocycles. The van der Waals surface area contributed by atoms with Crippen LogP contribution in [-0.4, -0.2) is 25.0 Å². The molecule has 0 aliphatic carbocycles. The summed E-state index contributed by atoms with van der Waals surface area (Å²) in [5, 5.41) is 13.2. The van der Waals surface area contributed by atoms with Crippen LogP contribution < -0.4 is 10.6 Å². The van der Waals surface area contributed by atoms with Gasteiger partial charge in [-0.2, -0.15) is 0 Å². The fourth-order valence-corrected chi connectivity index (χ4v) is 0.611. The van der Waals surface area contributed by atoms with E-state index < -0.39 is 0 Å². The maximum absolute atomic E-state index is 7.04. The van der Waals surface area contributed by atoms with Crippen LogP contribution in [0.2, 0.25) is 0 Å². The molecule has 0 fully saturated rings. The van der Waals surface area contributed by atoms with Gasteiger partial charge in [-0.15, -0.1) is 0 Å². The minimum Gasteiger partial charge on any atom is -0.373 e.